The second kappa shape index (κ2) is 11.7. The van der Waals surface area contributed by atoms with Crippen molar-refractivity contribution in [3.8, 4) is 16.9 Å². The minimum absolute atomic E-state index is 0.119. The maximum absolute atomic E-state index is 14.9. The Morgan fingerprint density at radius 3 is 2.23 bits per heavy atom. The fourth-order valence-corrected chi connectivity index (χ4v) is 6.15. The fraction of sp³-hybridized carbons (Fsp3) is 0.600. The second-order valence-corrected chi connectivity index (χ2v) is 11.6. The molecule has 2 aromatic rings. The van der Waals surface area contributed by atoms with E-state index in [0.717, 1.165) is 24.8 Å². The van der Waals surface area contributed by atoms with E-state index in [2.05, 4.69) is 0 Å². The molecule has 0 bridgehead atoms. The molecule has 0 aromatic heterocycles. The highest BCUT2D eigenvalue weighted by Gasteiger charge is 2.58. The molecule has 2 atom stereocenters. The predicted octanol–water partition coefficient (Wildman–Crippen LogP) is 5.76. The predicted molar refractivity (Wildman–Crippen MR) is 141 cm³/mol. The van der Waals surface area contributed by atoms with Crippen LogP contribution in [-0.4, -0.2) is 71.6 Å². The summed E-state index contributed by atoms with van der Waals surface area (Å²) in [6.07, 6.45) is -1.48. The van der Waals surface area contributed by atoms with Gasteiger partial charge in [0.15, 0.2) is 0 Å². The molecule has 39 heavy (non-hydrogen) atoms. The zero-order valence-corrected chi connectivity index (χ0v) is 22.2. The molecule has 9 heteroatoms. The zero-order valence-electron chi connectivity index (χ0n) is 22.2. The van der Waals surface area contributed by atoms with E-state index in [0.29, 0.717) is 62.9 Å². The lowest BCUT2D eigenvalue weighted by Crippen LogP contribution is -2.53. The van der Waals surface area contributed by atoms with Crippen LogP contribution in [0.1, 0.15) is 56.7 Å². The molecule has 2 aliphatic heterocycles. The molecular weight excluding hydrogens is 512 g/mol. The molecule has 2 heterocycles. The topological polar surface area (TPSA) is 56.2 Å². The van der Waals surface area contributed by atoms with Gasteiger partial charge in [-0.05, 0) is 86.9 Å². The molecule has 0 radical (unpaired) electrons. The van der Waals surface area contributed by atoms with Gasteiger partial charge in [-0.25, -0.2) is 4.39 Å². The smallest absolute Gasteiger partial charge is 0.395 e. The number of piperidine rings is 2. The first-order valence-electron chi connectivity index (χ1n) is 14.1. The van der Waals surface area contributed by atoms with Gasteiger partial charge in [0.05, 0.1) is 18.1 Å². The van der Waals surface area contributed by atoms with Crippen molar-refractivity contribution in [1.82, 2.24) is 9.80 Å². The third kappa shape index (κ3) is 6.42. The number of aliphatic hydroxyl groups excluding tert-OH is 2. The van der Waals surface area contributed by atoms with Crippen LogP contribution in [0.3, 0.4) is 0 Å². The Morgan fingerprint density at radius 2 is 1.64 bits per heavy atom. The van der Waals surface area contributed by atoms with Crippen LogP contribution in [0.15, 0.2) is 42.5 Å². The standard InChI is InChI=1S/C30H38F4N2O3/c31-27-17-23(6-9-26(27)28(38)36-14-1-3-24(37)18-36)22-4-7-25(8-5-22)39-19-21-10-15-35(16-11-21)20-29(12-2-13-29)30(32,33)34/h4-9,17,21,24,28,37-38H,1-3,10-16,18-20H2/t24-,28?/m1/s1. The quantitative estimate of drug-likeness (QED) is 0.409. The average molecular weight is 551 g/mol. The van der Waals surface area contributed by atoms with Crippen molar-refractivity contribution >= 4 is 0 Å². The van der Waals surface area contributed by atoms with Gasteiger partial charge in [0, 0.05) is 25.2 Å². The molecule has 2 saturated heterocycles. The summed E-state index contributed by atoms with van der Waals surface area (Å²) in [7, 11) is 0. The van der Waals surface area contributed by atoms with Gasteiger partial charge in [0.1, 0.15) is 17.8 Å². The SMILES string of the molecule is OC(c1ccc(-c2ccc(OCC3CCN(CC4(C(F)(F)F)CCC4)CC3)cc2)cc1F)N1CCC[C@@H](O)C1. The summed E-state index contributed by atoms with van der Waals surface area (Å²) in [5.74, 6) is 0.506. The van der Waals surface area contributed by atoms with Crippen molar-refractivity contribution in [3.05, 3.63) is 53.8 Å². The van der Waals surface area contributed by atoms with Gasteiger partial charge in [-0.3, -0.25) is 4.90 Å². The molecule has 0 spiro atoms. The molecule has 3 aliphatic rings. The highest BCUT2D eigenvalue weighted by molar-refractivity contribution is 5.64. The third-order valence-corrected chi connectivity index (χ3v) is 8.87. The van der Waals surface area contributed by atoms with Gasteiger partial charge in [-0.1, -0.05) is 30.7 Å². The first kappa shape index (κ1) is 28.3. The summed E-state index contributed by atoms with van der Waals surface area (Å²) < 4.78 is 61.4. The van der Waals surface area contributed by atoms with E-state index >= 15 is 0 Å². The molecule has 1 aliphatic carbocycles. The molecule has 0 amide bonds. The van der Waals surface area contributed by atoms with Gasteiger partial charge in [-0.2, -0.15) is 13.2 Å². The summed E-state index contributed by atoms with van der Waals surface area (Å²) in [5.41, 5.74) is 0.195. The summed E-state index contributed by atoms with van der Waals surface area (Å²) in [6.45, 7) is 2.90. The van der Waals surface area contributed by atoms with Crippen LogP contribution in [-0.2, 0) is 0 Å². The van der Waals surface area contributed by atoms with Crippen molar-refractivity contribution in [2.45, 2.75) is 63.5 Å². The average Bonchev–Trinajstić information content (AvgIpc) is 2.89. The Hall–Kier alpha value is -2.20. The normalized spacial score (nSPS) is 23.8. The summed E-state index contributed by atoms with van der Waals surface area (Å²) in [4.78, 5) is 3.66. The van der Waals surface area contributed by atoms with Gasteiger partial charge >= 0.3 is 6.18 Å². The van der Waals surface area contributed by atoms with Crippen LogP contribution >= 0.6 is 0 Å². The Morgan fingerprint density at radius 1 is 0.949 bits per heavy atom. The molecule has 1 unspecified atom stereocenters. The molecule has 2 aromatic carbocycles. The maximum Gasteiger partial charge on any atom is 0.395 e. The van der Waals surface area contributed by atoms with Crippen LogP contribution in [0, 0.1) is 17.2 Å². The Balaban J connectivity index is 1.10. The fourth-order valence-electron chi connectivity index (χ4n) is 6.15. The molecule has 3 fully saturated rings. The summed E-state index contributed by atoms with van der Waals surface area (Å²) in [5, 5.41) is 20.5. The van der Waals surface area contributed by atoms with Crippen LogP contribution in [0.5, 0.6) is 5.75 Å². The van der Waals surface area contributed by atoms with Crippen molar-refractivity contribution in [1.29, 1.82) is 0 Å². The number of hydrogen-bond donors (Lipinski definition) is 2. The number of β-amino-alcohol motifs (C(OH)–C–C–N with tert-alkyl or cyclic N) is 1. The lowest BCUT2D eigenvalue weighted by atomic mass is 9.67. The molecule has 5 rings (SSSR count). The second-order valence-electron chi connectivity index (χ2n) is 11.6. The number of alkyl halides is 3. The van der Waals surface area contributed by atoms with E-state index < -0.39 is 29.7 Å². The van der Waals surface area contributed by atoms with Crippen LogP contribution in [0.25, 0.3) is 11.1 Å². The van der Waals surface area contributed by atoms with Crippen LogP contribution in [0.2, 0.25) is 0 Å². The first-order valence-corrected chi connectivity index (χ1v) is 14.1. The lowest BCUT2D eigenvalue weighted by Gasteiger charge is -2.47. The minimum Gasteiger partial charge on any atom is -0.493 e. The van der Waals surface area contributed by atoms with Gasteiger partial charge in [0.2, 0.25) is 0 Å². The number of aliphatic hydroxyl groups is 2. The Bertz CT molecular complexity index is 1100. The summed E-state index contributed by atoms with van der Waals surface area (Å²) in [6, 6.07) is 12.2. The Labute approximate surface area is 227 Å². The van der Waals surface area contributed by atoms with E-state index in [-0.39, 0.29) is 24.9 Å². The molecular formula is C30H38F4N2O3. The number of nitrogens with zero attached hydrogens (tertiary/aromatic N) is 2. The number of benzene rings is 2. The first-order chi connectivity index (χ1) is 18.6. The molecule has 2 N–H and O–H groups in total. The molecule has 1 saturated carbocycles. The van der Waals surface area contributed by atoms with E-state index in [4.69, 9.17) is 4.74 Å². The largest absolute Gasteiger partial charge is 0.493 e. The molecule has 214 valence electrons. The zero-order chi connectivity index (χ0) is 27.6. The van der Waals surface area contributed by atoms with E-state index in [1.54, 1.807) is 17.0 Å². The van der Waals surface area contributed by atoms with Crippen molar-refractivity contribution < 1.29 is 32.5 Å². The number of rotatable bonds is 8. The maximum atomic E-state index is 14.9. The van der Waals surface area contributed by atoms with E-state index in [1.807, 2.05) is 29.2 Å². The highest BCUT2D eigenvalue weighted by Crippen LogP contribution is 2.53. The minimum atomic E-state index is -4.12. The number of halogens is 4. The Kier molecular flexibility index (Phi) is 8.52. The summed E-state index contributed by atoms with van der Waals surface area (Å²) >= 11 is 0. The monoisotopic (exact) mass is 550 g/mol. The number of likely N-dealkylation sites (tertiary alicyclic amines) is 2. The van der Waals surface area contributed by atoms with Gasteiger partial charge < -0.3 is 19.8 Å². The number of ether oxygens (including phenoxy) is 1. The van der Waals surface area contributed by atoms with Crippen LogP contribution in [0.4, 0.5) is 17.6 Å². The highest BCUT2D eigenvalue weighted by atomic mass is 19.4. The number of hydrogen-bond acceptors (Lipinski definition) is 5. The van der Waals surface area contributed by atoms with Gasteiger partial charge in [-0.15, -0.1) is 0 Å². The van der Waals surface area contributed by atoms with Crippen molar-refractivity contribution in [2.75, 3.05) is 39.3 Å². The van der Waals surface area contributed by atoms with Crippen molar-refractivity contribution in [3.63, 3.8) is 0 Å². The lowest BCUT2D eigenvalue weighted by molar-refractivity contribution is -0.256. The van der Waals surface area contributed by atoms with E-state index in [1.165, 1.54) is 6.07 Å². The van der Waals surface area contributed by atoms with Crippen LogP contribution < -0.4 is 4.74 Å². The molecule has 5 nitrogen and oxygen atoms in total. The van der Waals surface area contributed by atoms with Gasteiger partial charge in [0.25, 0.3) is 0 Å². The third-order valence-electron chi connectivity index (χ3n) is 8.87. The van der Waals surface area contributed by atoms with Crippen molar-refractivity contribution in [2.24, 2.45) is 11.3 Å². The van der Waals surface area contributed by atoms with E-state index in [9.17, 15) is 27.8 Å².